The van der Waals surface area contributed by atoms with Gasteiger partial charge in [0, 0.05) is 19.0 Å². The van der Waals surface area contributed by atoms with E-state index in [4.69, 9.17) is 51.1 Å². The van der Waals surface area contributed by atoms with Crippen molar-refractivity contribution in [2.75, 3.05) is 13.7 Å². The van der Waals surface area contributed by atoms with Crippen LogP contribution in [-0.2, 0) is 10.6 Å². The highest BCUT2D eigenvalue weighted by Crippen LogP contribution is 2.36. The number of hydrogen-bond donors (Lipinski definition) is 0. The van der Waals surface area contributed by atoms with Crippen molar-refractivity contribution < 1.29 is 9.53 Å². The molecule has 1 aromatic rings. The molecule has 0 aromatic heterocycles. The molecule has 0 aliphatic heterocycles. The van der Waals surface area contributed by atoms with Gasteiger partial charge in [0.05, 0.1) is 0 Å². The van der Waals surface area contributed by atoms with Gasteiger partial charge in [-0.1, -0.05) is 59.1 Å². The lowest BCUT2D eigenvalue weighted by molar-refractivity contribution is 0.0889. The van der Waals surface area contributed by atoms with Gasteiger partial charge in [-0.3, -0.25) is 0 Å². The van der Waals surface area contributed by atoms with Gasteiger partial charge in [-0.15, -0.1) is 11.6 Å². The highest BCUT2D eigenvalue weighted by atomic mass is 35.6. The molecule has 0 radical (unpaired) electrons. The molecule has 0 unspecified atom stereocenters. The third-order valence-electron chi connectivity index (χ3n) is 4.53. The number of benzene rings is 1. The van der Waals surface area contributed by atoms with Gasteiger partial charge in [-0.2, -0.15) is 0 Å². The molecule has 1 aromatic carbocycles. The van der Waals surface area contributed by atoms with Crippen LogP contribution in [0, 0.1) is 0 Å². The fourth-order valence-corrected chi connectivity index (χ4v) is 3.63. The molecule has 0 atom stereocenters. The third-order valence-corrected chi connectivity index (χ3v) is 5.15. The van der Waals surface area contributed by atoms with E-state index < -0.39 is 9.89 Å². The van der Waals surface area contributed by atoms with Crippen molar-refractivity contribution in [2.45, 2.75) is 47.3 Å². The van der Waals surface area contributed by atoms with Gasteiger partial charge in [0.2, 0.25) is 3.79 Å². The summed E-state index contributed by atoms with van der Waals surface area (Å²) in [5.41, 5.74) is 2.52. The zero-order valence-corrected chi connectivity index (χ0v) is 16.5. The zero-order chi connectivity index (χ0) is 17.7. The Balaban J connectivity index is 1.89. The van der Waals surface area contributed by atoms with Crippen LogP contribution in [0.4, 0.5) is 4.79 Å². The summed E-state index contributed by atoms with van der Waals surface area (Å²) < 4.78 is 3.46. The minimum Gasteiger partial charge on any atom is -0.445 e. The summed E-state index contributed by atoms with van der Waals surface area (Å²) in [5.74, 6) is 1.01. The van der Waals surface area contributed by atoms with Gasteiger partial charge in [-0.05, 0) is 42.7 Å². The first-order valence-electron chi connectivity index (χ1n) is 7.92. The highest BCUT2D eigenvalue weighted by molar-refractivity contribution is 6.67. The lowest BCUT2D eigenvalue weighted by Gasteiger charge is -2.35. The Hall–Kier alpha value is -0.350. The van der Waals surface area contributed by atoms with Gasteiger partial charge in [0.15, 0.2) is 0 Å². The maximum absolute atomic E-state index is 12.1. The standard InChI is InChI=1S/C17H21Cl4NO2/c1-22(16(23)24-11-17(19,20)21)14-8-6-12(7-9-14)15-5-3-2-4-13(15)10-18/h2-5,12,14H,6-11H2,1H3. The summed E-state index contributed by atoms with van der Waals surface area (Å²) in [6, 6.07) is 8.45. The third kappa shape index (κ3) is 5.59. The van der Waals surface area contributed by atoms with Crippen LogP contribution in [-0.4, -0.2) is 34.5 Å². The lowest BCUT2D eigenvalue weighted by Crippen LogP contribution is -2.40. The van der Waals surface area contributed by atoms with Crippen molar-refractivity contribution in [3.63, 3.8) is 0 Å². The smallest absolute Gasteiger partial charge is 0.409 e. The topological polar surface area (TPSA) is 29.5 Å². The average Bonchev–Trinajstić information content (AvgIpc) is 2.58. The molecule has 0 bridgehead atoms. The zero-order valence-electron chi connectivity index (χ0n) is 13.5. The Bertz CT molecular complexity index is 554. The molecule has 1 aliphatic rings. The molecule has 1 fully saturated rings. The normalized spacial score (nSPS) is 21.4. The first-order chi connectivity index (χ1) is 11.3. The monoisotopic (exact) mass is 411 g/mol. The maximum atomic E-state index is 12.1. The van der Waals surface area contributed by atoms with E-state index in [1.165, 1.54) is 11.1 Å². The van der Waals surface area contributed by atoms with Crippen LogP contribution in [0.5, 0.6) is 0 Å². The SMILES string of the molecule is CN(C(=O)OCC(Cl)(Cl)Cl)C1CCC(c2ccccc2CCl)CC1. The first-order valence-corrected chi connectivity index (χ1v) is 9.58. The van der Waals surface area contributed by atoms with Crippen molar-refractivity contribution in [3.05, 3.63) is 35.4 Å². The second kappa shape index (κ2) is 8.84. The van der Waals surface area contributed by atoms with Crippen LogP contribution in [0.15, 0.2) is 24.3 Å². The van der Waals surface area contributed by atoms with Crippen molar-refractivity contribution in [1.29, 1.82) is 0 Å². The second-order valence-corrected chi connectivity index (χ2v) is 8.90. The van der Waals surface area contributed by atoms with Crippen LogP contribution in [0.3, 0.4) is 0 Å². The molecular weight excluding hydrogens is 392 g/mol. The van der Waals surface area contributed by atoms with E-state index in [2.05, 4.69) is 18.2 Å². The minimum absolute atomic E-state index is 0.146. The van der Waals surface area contributed by atoms with E-state index in [1.807, 2.05) is 6.07 Å². The number of carbonyl (C=O) groups excluding carboxylic acids is 1. The molecule has 0 spiro atoms. The van der Waals surface area contributed by atoms with E-state index in [0.717, 1.165) is 25.7 Å². The molecule has 1 amide bonds. The van der Waals surface area contributed by atoms with Crippen LogP contribution >= 0.6 is 46.4 Å². The number of halogens is 4. The fourth-order valence-electron chi connectivity index (χ4n) is 3.22. The molecule has 0 N–H and O–H groups in total. The van der Waals surface area contributed by atoms with Crippen molar-refractivity contribution in [2.24, 2.45) is 0 Å². The fraction of sp³-hybridized carbons (Fsp3) is 0.588. The van der Waals surface area contributed by atoms with Crippen LogP contribution in [0.25, 0.3) is 0 Å². The summed E-state index contributed by atoms with van der Waals surface area (Å²) in [5, 5.41) is 0. The van der Waals surface area contributed by atoms with Gasteiger partial charge in [0.25, 0.3) is 0 Å². The first kappa shape index (κ1) is 20.0. The average molecular weight is 413 g/mol. The van der Waals surface area contributed by atoms with Crippen LogP contribution < -0.4 is 0 Å². The molecule has 1 aliphatic carbocycles. The lowest BCUT2D eigenvalue weighted by atomic mass is 9.80. The predicted molar refractivity (Wildman–Crippen MR) is 100 cm³/mol. The van der Waals surface area contributed by atoms with Gasteiger partial charge in [0.1, 0.15) is 6.61 Å². The second-order valence-electron chi connectivity index (χ2n) is 6.12. The number of amides is 1. The maximum Gasteiger partial charge on any atom is 0.409 e. The molecular formula is C17H21Cl4NO2. The van der Waals surface area contributed by atoms with E-state index in [9.17, 15) is 4.79 Å². The molecule has 7 heteroatoms. The predicted octanol–water partition coefficient (Wildman–Crippen LogP) is 5.89. The van der Waals surface area contributed by atoms with Gasteiger partial charge in [-0.25, -0.2) is 4.79 Å². The van der Waals surface area contributed by atoms with Crippen molar-refractivity contribution >= 4 is 52.5 Å². The Kier molecular flexibility index (Phi) is 7.36. The Labute approximate surface area is 163 Å². The number of carbonyl (C=O) groups is 1. The minimum atomic E-state index is -1.58. The Morgan fingerprint density at radius 2 is 1.83 bits per heavy atom. The van der Waals surface area contributed by atoms with E-state index in [1.54, 1.807) is 11.9 Å². The molecule has 0 heterocycles. The summed E-state index contributed by atoms with van der Waals surface area (Å²) >= 11 is 22.9. The van der Waals surface area contributed by atoms with E-state index >= 15 is 0 Å². The number of ether oxygens (including phenoxy) is 1. The van der Waals surface area contributed by atoms with E-state index in [0.29, 0.717) is 11.8 Å². The summed E-state index contributed by atoms with van der Waals surface area (Å²) in [6.07, 6.45) is 3.41. The number of nitrogens with zero attached hydrogens (tertiary/aromatic N) is 1. The largest absolute Gasteiger partial charge is 0.445 e. The number of rotatable bonds is 4. The van der Waals surface area contributed by atoms with Crippen molar-refractivity contribution in [1.82, 2.24) is 4.90 Å². The van der Waals surface area contributed by atoms with Crippen molar-refractivity contribution in [3.8, 4) is 0 Å². The Morgan fingerprint density at radius 3 is 2.42 bits per heavy atom. The quantitative estimate of drug-likeness (QED) is 0.577. The summed E-state index contributed by atoms with van der Waals surface area (Å²) in [6.45, 7) is -0.251. The van der Waals surface area contributed by atoms with E-state index in [-0.39, 0.29) is 12.6 Å². The van der Waals surface area contributed by atoms with Crippen LogP contribution in [0.2, 0.25) is 0 Å². The summed E-state index contributed by atoms with van der Waals surface area (Å²) in [4.78, 5) is 13.7. The van der Waals surface area contributed by atoms with Gasteiger partial charge < -0.3 is 9.64 Å². The molecule has 3 nitrogen and oxygen atoms in total. The molecule has 2 rings (SSSR count). The molecule has 1 saturated carbocycles. The van der Waals surface area contributed by atoms with Crippen LogP contribution in [0.1, 0.15) is 42.7 Å². The molecule has 134 valence electrons. The summed E-state index contributed by atoms with van der Waals surface area (Å²) in [7, 11) is 1.73. The number of hydrogen-bond acceptors (Lipinski definition) is 2. The highest BCUT2D eigenvalue weighted by Gasteiger charge is 2.30. The van der Waals surface area contributed by atoms with Gasteiger partial charge >= 0.3 is 6.09 Å². The number of alkyl halides is 4. The Morgan fingerprint density at radius 1 is 1.21 bits per heavy atom. The molecule has 0 saturated heterocycles. The molecule has 24 heavy (non-hydrogen) atoms.